The van der Waals surface area contributed by atoms with Crippen LogP contribution in [0.4, 0.5) is 4.39 Å². The summed E-state index contributed by atoms with van der Waals surface area (Å²) in [5.74, 6) is 0.864. The first-order valence-electron chi connectivity index (χ1n) is 6.43. The standard InChI is InChI=1S/C16H17BrFNO/c1-10-3-5-13(9-15(10)18)20-16-6-4-12(7-11(2)19)8-14(16)17/h3-6,8-9,11H,7,19H2,1-2H3. The highest BCUT2D eigenvalue weighted by molar-refractivity contribution is 9.10. The lowest BCUT2D eigenvalue weighted by Crippen LogP contribution is -2.17. The quantitative estimate of drug-likeness (QED) is 0.886. The summed E-state index contributed by atoms with van der Waals surface area (Å²) in [7, 11) is 0. The molecule has 4 heteroatoms. The molecule has 0 saturated heterocycles. The molecule has 0 spiro atoms. The molecule has 2 rings (SSSR count). The Morgan fingerprint density at radius 1 is 1.25 bits per heavy atom. The Balaban J connectivity index is 2.19. The van der Waals surface area contributed by atoms with E-state index < -0.39 is 0 Å². The lowest BCUT2D eigenvalue weighted by molar-refractivity contribution is 0.473. The molecule has 106 valence electrons. The molecule has 2 N–H and O–H groups in total. The zero-order chi connectivity index (χ0) is 14.7. The molecule has 20 heavy (non-hydrogen) atoms. The van der Waals surface area contributed by atoms with E-state index in [1.165, 1.54) is 6.07 Å². The first-order valence-corrected chi connectivity index (χ1v) is 7.23. The van der Waals surface area contributed by atoms with Crippen LogP contribution in [0.5, 0.6) is 11.5 Å². The molecule has 2 aromatic rings. The maximum Gasteiger partial charge on any atom is 0.141 e. The molecule has 0 amide bonds. The van der Waals surface area contributed by atoms with Gasteiger partial charge < -0.3 is 10.5 Å². The van der Waals surface area contributed by atoms with Crippen molar-refractivity contribution in [2.24, 2.45) is 5.73 Å². The van der Waals surface area contributed by atoms with E-state index in [1.54, 1.807) is 19.1 Å². The number of aryl methyl sites for hydroxylation is 1. The largest absolute Gasteiger partial charge is 0.456 e. The van der Waals surface area contributed by atoms with E-state index in [0.717, 1.165) is 16.5 Å². The van der Waals surface area contributed by atoms with Gasteiger partial charge in [-0.1, -0.05) is 12.1 Å². The van der Waals surface area contributed by atoms with Gasteiger partial charge in [0.05, 0.1) is 4.47 Å². The van der Waals surface area contributed by atoms with E-state index in [1.807, 2.05) is 25.1 Å². The lowest BCUT2D eigenvalue weighted by atomic mass is 10.1. The first kappa shape index (κ1) is 15.0. The van der Waals surface area contributed by atoms with E-state index in [4.69, 9.17) is 10.5 Å². The number of ether oxygens (including phenoxy) is 1. The average Bonchev–Trinajstić information content (AvgIpc) is 2.36. The van der Waals surface area contributed by atoms with Crippen LogP contribution in [0.25, 0.3) is 0 Å². The summed E-state index contributed by atoms with van der Waals surface area (Å²) in [6, 6.07) is 10.7. The summed E-state index contributed by atoms with van der Waals surface area (Å²) >= 11 is 3.47. The van der Waals surface area contributed by atoms with Crippen molar-refractivity contribution in [3.8, 4) is 11.5 Å². The fraction of sp³-hybridized carbons (Fsp3) is 0.250. The Bertz CT molecular complexity index is 613. The van der Waals surface area contributed by atoms with Gasteiger partial charge in [-0.05, 0) is 65.5 Å². The van der Waals surface area contributed by atoms with Crippen LogP contribution in [-0.2, 0) is 6.42 Å². The number of nitrogens with two attached hydrogens (primary N) is 1. The average molecular weight is 338 g/mol. The Kier molecular flexibility index (Phi) is 4.78. The molecule has 0 aliphatic rings. The molecule has 1 atom stereocenters. The van der Waals surface area contributed by atoms with E-state index in [9.17, 15) is 4.39 Å². The van der Waals surface area contributed by atoms with Gasteiger partial charge in [-0.15, -0.1) is 0 Å². The van der Waals surface area contributed by atoms with Crippen LogP contribution < -0.4 is 10.5 Å². The smallest absolute Gasteiger partial charge is 0.141 e. The molecule has 2 nitrogen and oxygen atoms in total. The van der Waals surface area contributed by atoms with Gasteiger partial charge in [0.1, 0.15) is 17.3 Å². The monoisotopic (exact) mass is 337 g/mol. The number of hydrogen-bond acceptors (Lipinski definition) is 2. The molecule has 0 aliphatic carbocycles. The number of rotatable bonds is 4. The van der Waals surface area contributed by atoms with Gasteiger partial charge in [-0.25, -0.2) is 4.39 Å². The summed E-state index contributed by atoms with van der Waals surface area (Å²) in [4.78, 5) is 0. The van der Waals surface area contributed by atoms with Crippen molar-refractivity contribution in [1.29, 1.82) is 0 Å². The minimum Gasteiger partial charge on any atom is -0.456 e. The molecule has 1 unspecified atom stereocenters. The highest BCUT2D eigenvalue weighted by Crippen LogP contribution is 2.31. The van der Waals surface area contributed by atoms with Crippen molar-refractivity contribution >= 4 is 15.9 Å². The number of hydrogen-bond donors (Lipinski definition) is 1. The second-order valence-corrected chi connectivity index (χ2v) is 5.81. The van der Waals surface area contributed by atoms with Gasteiger partial charge in [0.15, 0.2) is 0 Å². The fourth-order valence-electron chi connectivity index (χ4n) is 1.89. The van der Waals surface area contributed by atoms with Gasteiger partial charge in [-0.3, -0.25) is 0 Å². The maximum atomic E-state index is 13.5. The molecule has 0 fully saturated rings. The first-order chi connectivity index (χ1) is 9.45. The molecule has 2 aromatic carbocycles. The van der Waals surface area contributed by atoms with Crippen LogP contribution in [0.15, 0.2) is 40.9 Å². The van der Waals surface area contributed by atoms with E-state index in [0.29, 0.717) is 17.1 Å². The summed E-state index contributed by atoms with van der Waals surface area (Å²) in [5.41, 5.74) is 7.51. The second kappa shape index (κ2) is 6.37. The van der Waals surface area contributed by atoms with Gasteiger partial charge in [0, 0.05) is 12.1 Å². The number of benzene rings is 2. The molecule has 0 aliphatic heterocycles. The number of halogens is 2. The summed E-state index contributed by atoms with van der Waals surface area (Å²) in [6.07, 6.45) is 0.804. The minimum atomic E-state index is -0.271. The van der Waals surface area contributed by atoms with Crippen LogP contribution in [-0.4, -0.2) is 6.04 Å². The van der Waals surface area contributed by atoms with Crippen molar-refractivity contribution in [2.75, 3.05) is 0 Å². The van der Waals surface area contributed by atoms with Crippen molar-refractivity contribution < 1.29 is 9.13 Å². The summed E-state index contributed by atoms with van der Waals surface area (Å²) in [6.45, 7) is 3.69. The molecule has 0 saturated carbocycles. The Morgan fingerprint density at radius 3 is 2.60 bits per heavy atom. The molecular formula is C16H17BrFNO. The zero-order valence-corrected chi connectivity index (χ0v) is 13.1. The van der Waals surface area contributed by atoms with E-state index in [-0.39, 0.29) is 11.9 Å². The Hall–Kier alpha value is -1.39. The van der Waals surface area contributed by atoms with Gasteiger partial charge >= 0.3 is 0 Å². The Labute approximate surface area is 126 Å². The van der Waals surface area contributed by atoms with E-state index >= 15 is 0 Å². The van der Waals surface area contributed by atoms with Crippen molar-refractivity contribution in [3.63, 3.8) is 0 Å². The van der Waals surface area contributed by atoms with Crippen molar-refractivity contribution in [2.45, 2.75) is 26.3 Å². The third-order valence-corrected chi connectivity index (χ3v) is 3.54. The topological polar surface area (TPSA) is 35.2 Å². The van der Waals surface area contributed by atoms with Crippen LogP contribution in [0.3, 0.4) is 0 Å². The highest BCUT2D eigenvalue weighted by Gasteiger charge is 2.07. The van der Waals surface area contributed by atoms with Crippen LogP contribution in [0.2, 0.25) is 0 Å². The van der Waals surface area contributed by atoms with Gasteiger partial charge in [0.2, 0.25) is 0 Å². The van der Waals surface area contributed by atoms with Gasteiger partial charge in [-0.2, -0.15) is 0 Å². The zero-order valence-electron chi connectivity index (χ0n) is 11.5. The normalized spacial score (nSPS) is 12.2. The lowest BCUT2D eigenvalue weighted by Gasteiger charge is -2.11. The molecule has 0 aromatic heterocycles. The predicted molar refractivity (Wildman–Crippen MR) is 82.7 cm³/mol. The van der Waals surface area contributed by atoms with Crippen molar-refractivity contribution in [1.82, 2.24) is 0 Å². The highest BCUT2D eigenvalue weighted by atomic mass is 79.9. The van der Waals surface area contributed by atoms with Crippen LogP contribution >= 0.6 is 15.9 Å². The molecule has 0 heterocycles. The minimum absolute atomic E-state index is 0.111. The van der Waals surface area contributed by atoms with Crippen LogP contribution in [0.1, 0.15) is 18.1 Å². The van der Waals surface area contributed by atoms with E-state index in [2.05, 4.69) is 15.9 Å². The summed E-state index contributed by atoms with van der Waals surface area (Å²) in [5, 5.41) is 0. The second-order valence-electron chi connectivity index (χ2n) is 4.96. The van der Waals surface area contributed by atoms with Gasteiger partial charge in [0.25, 0.3) is 0 Å². The molecular weight excluding hydrogens is 321 g/mol. The maximum absolute atomic E-state index is 13.5. The fourth-order valence-corrected chi connectivity index (χ4v) is 2.40. The third-order valence-electron chi connectivity index (χ3n) is 2.93. The third kappa shape index (κ3) is 3.81. The SMILES string of the molecule is Cc1ccc(Oc2ccc(CC(C)N)cc2Br)cc1F. The molecule has 0 bridgehead atoms. The van der Waals surface area contributed by atoms with Crippen molar-refractivity contribution in [3.05, 3.63) is 57.8 Å². The van der Waals surface area contributed by atoms with Crippen LogP contribution in [0, 0.1) is 12.7 Å². The Morgan fingerprint density at radius 2 is 2.00 bits per heavy atom. The predicted octanol–water partition coefficient (Wildman–Crippen LogP) is 4.58. The molecule has 0 radical (unpaired) electrons. The summed E-state index contributed by atoms with van der Waals surface area (Å²) < 4.78 is 20.0.